The van der Waals surface area contributed by atoms with Crippen molar-refractivity contribution in [1.29, 1.82) is 5.26 Å². The van der Waals surface area contributed by atoms with E-state index in [2.05, 4.69) is 0 Å². The fourth-order valence-corrected chi connectivity index (χ4v) is 2.87. The highest BCUT2D eigenvalue weighted by Gasteiger charge is 2.55. The Hall–Kier alpha value is -3.22. The van der Waals surface area contributed by atoms with Crippen LogP contribution in [-0.4, -0.2) is 15.8 Å². The zero-order valence-corrected chi connectivity index (χ0v) is 13.5. The van der Waals surface area contributed by atoms with Crippen LogP contribution in [0.2, 0.25) is 0 Å². The molecule has 0 aliphatic carbocycles. The first-order valence-electron chi connectivity index (χ1n) is 7.64. The Kier molecular flexibility index (Phi) is 4.23. The topological polar surface area (TPSA) is 49.0 Å². The number of hydrogen-bond acceptors (Lipinski definition) is 2. The first-order valence-corrected chi connectivity index (χ1v) is 7.64. The molecule has 6 heteroatoms. The van der Waals surface area contributed by atoms with Crippen LogP contribution < -0.4 is 0 Å². The number of nitrogens with zero attached hydrogens (tertiary/aromatic N) is 2. The van der Waals surface area contributed by atoms with Crippen molar-refractivity contribution in [3.63, 3.8) is 0 Å². The van der Waals surface area contributed by atoms with Crippen LogP contribution in [0.3, 0.4) is 0 Å². The number of fused-ring (bicyclic) bond motifs is 1. The van der Waals surface area contributed by atoms with Gasteiger partial charge in [-0.05, 0) is 17.7 Å². The van der Waals surface area contributed by atoms with E-state index in [0.717, 1.165) is 5.56 Å². The molecule has 1 unspecified atom stereocenters. The molecule has 1 heterocycles. The summed E-state index contributed by atoms with van der Waals surface area (Å²) >= 11 is 0. The van der Waals surface area contributed by atoms with Crippen molar-refractivity contribution in [2.45, 2.75) is 18.3 Å². The minimum Gasteiger partial charge on any atom is -0.366 e. The van der Waals surface area contributed by atoms with E-state index in [4.69, 9.17) is 11.7 Å². The first-order chi connectivity index (χ1) is 12.3. The summed E-state index contributed by atoms with van der Waals surface area (Å²) in [5.74, 6) is 1.48. The summed E-state index contributed by atoms with van der Waals surface area (Å²) in [5, 5.41) is 19.4. The number of benzene rings is 2. The largest absolute Gasteiger partial charge is 0.433 e. The minimum atomic E-state index is -5.04. The maximum Gasteiger partial charge on any atom is 0.433 e. The standard InChI is InChI=1S/C20H13F3N2O/c1-2-19(26,20(21,22)23)17-13-25(12-14-6-4-3-5-7-14)18-10-15(11-24)8-9-16(17)18/h1,3-10,13,26H,12H2. The maximum absolute atomic E-state index is 13.4. The number of rotatable bonds is 3. The van der Waals surface area contributed by atoms with Crippen LogP contribution in [0.1, 0.15) is 16.7 Å². The molecule has 0 saturated carbocycles. The second kappa shape index (κ2) is 6.25. The van der Waals surface area contributed by atoms with Crippen LogP contribution in [-0.2, 0) is 12.1 Å². The van der Waals surface area contributed by atoms with Crippen molar-refractivity contribution in [2.75, 3.05) is 0 Å². The van der Waals surface area contributed by atoms with Crippen molar-refractivity contribution in [3.8, 4) is 18.4 Å². The van der Waals surface area contributed by atoms with Crippen molar-refractivity contribution in [1.82, 2.24) is 4.57 Å². The Balaban J connectivity index is 2.26. The molecule has 0 amide bonds. The van der Waals surface area contributed by atoms with E-state index in [0.29, 0.717) is 11.1 Å². The van der Waals surface area contributed by atoms with Crippen molar-refractivity contribution in [3.05, 3.63) is 71.4 Å². The van der Waals surface area contributed by atoms with Crippen molar-refractivity contribution in [2.24, 2.45) is 0 Å². The van der Waals surface area contributed by atoms with Gasteiger partial charge < -0.3 is 9.67 Å². The zero-order valence-electron chi connectivity index (χ0n) is 13.5. The maximum atomic E-state index is 13.4. The minimum absolute atomic E-state index is 0.151. The van der Waals surface area contributed by atoms with Gasteiger partial charge in [-0.2, -0.15) is 18.4 Å². The number of nitriles is 1. The van der Waals surface area contributed by atoms with E-state index >= 15 is 0 Å². The number of alkyl halides is 3. The molecule has 26 heavy (non-hydrogen) atoms. The van der Waals surface area contributed by atoms with E-state index in [1.54, 1.807) is 4.57 Å². The molecule has 0 radical (unpaired) electrons. The van der Waals surface area contributed by atoms with Gasteiger partial charge in [0.2, 0.25) is 5.60 Å². The molecule has 130 valence electrons. The van der Waals surface area contributed by atoms with Crippen molar-refractivity contribution >= 4 is 10.9 Å². The Morgan fingerprint density at radius 1 is 1.12 bits per heavy atom. The molecule has 2 aromatic carbocycles. The SMILES string of the molecule is C#CC(O)(c1cn(Cc2ccccc2)c2cc(C#N)ccc12)C(F)(F)F. The predicted octanol–water partition coefficient (Wildman–Crippen LogP) is 3.94. The molecule has 0 bridgehead atoms. The van der Waals surface area contributed by atoms with Crippen LogP contribution in [0.25, 0.3) is 10.9 Å². The van der Waals surface area contributed by atoms with Gasteiger partial charge in [0.15, 0.2) is 0 Å². The predicted molar refractivity (Wildman–Crippen MR) is 91.0 cm³/mol. The molecule has 0 fully saturated rings. The number of halogens is 3. The fraction of sp³-hybridized carbons (Fsp3) is 0.150. The Bertz CT molecular complexity index is 1040. The van der Waals surface area contributed by atoms with Gasteiger partial charge in [0, 0.05) is 23.7 Å². The lowest BCUT2D eigenvalue weighted by atomic mass is 9.93. The van der Waals surface area contributed by atoms with E-state index in [1.165, 1.54) is 30.3 Å². The van der Waals surface area contributed by atoms with E-state index in [-0.39, 0.29) is 11.9 Å². The van der Waals surface area contributed by atoms with Gasteiger partial charge in [0.25, 0.3) is 0 Å². The van der Waals surface area contributed by atoms with E-state index in [1.807, 2.05) is 36.4 Å². The molecule has 3 aromatic rings. The molecule has 1 aromatic heterocycles. The second-order valence-corrected chi connectivity index (χ2v) is 5.85. The highest BCUT2D eigenvalue weighted by Crippen LogP contribution is 2.42. The van der Waals surface area contributed by atoms with Crippen LogP contribution in [0, 0.1) is 23.7 Å². The smallest absolute Gasteiger partial charge is 0.366 e. The zero-order chi connectivity index (χ0) is 18.9. The third-order valence-electron chi connectivity index (χ3n) is 4.22. The molecule has 0 spiro atoms. The number of hydrogen-bond donors (Lipinski definition) is 1. The lowest BCUT2D eigenvalue weighted by molar-refractivity contribution is -0.240. The Morgan fingerprint density at radius 3 is 2.38 bits per heavy atom. The third-order valence-corrected chi connectivity index (χ3v) is 4.22. The van der Waals surface area contributed by atoms with Crippen LogP contribution >= 0.6 is 0 Å². The van der Waals surface area contributed by atoms with Gasteiger partial charge in [0.1, 0.15) is 0 Å². The average molecular weight is 354 g/mol. The summed E-state index contributed by atoms with van der Waals surface area (Å²) in [4.78, 5) is 0. The quantitative estimate of drug-likeness (QED) is 0.724. The fourth-order valence-electron chi connectivity index (χ4n) is 2.87. The Morgan fingerprint density at radius 2 is 1.81 bits per heavy atom. The molecular formula is C20H13F3N2O. The lowest BCUT2D eigenvalue weighted by Crippen LogP contribution is -2.40. The lowest BCUT2D eigenvalue weighted by Gasteiger charge is -2.24. The summed E-state index contributed by atoms with van der Waals surface area (Å²) in [6.07, 6.45) is 1.21. The van der Waals surface area contributed by atoms with Gasteiger partial charge >= 0.3 is 6.18 Å². The van der Waals surface area contributed by atoms with Gasteiger partial charge in [0.05, 0.1) is 17.1 Å². The van der Waals surface area contributed by atoms with Gasteiger partial charge in [-0.25, -0.2) is 0 Å². The van der Waals surface area contributed by atoms with Gasteiger partial charge in [-0.15, -0.1) is 6.42 Å². The second-order valence-electron chi connectivity index (χ2n) is 5.85. The van der Waals surface area contributed by atoms with E-state index in [9.17, 15) is 18.3 Å². The summed E-state index contributed by atoms with van der Waals surface area (Å²) in [6.45, 7) is 0.269. The summed E-state index contributed by atoms with van der Waals surface area (Å²) < 4.78 is 41.9. The molecule has 0 saturated heterocycles. The highest BCUT2D eigenvalue weighted by atomic mass is 19.4. The van der Waals surface area contributed by atoms with E-state index < -0.39 is 17.3 Å². The number of terminal acetylenes is 1. The molecule has 1 N–H and O–H groups in total. The first kappa shape index (κ1) is 17.6. The molecule has 1 atom stereocenters. The molecule has 0 aliphatic rings. The molecular weight excluding hydrogens is 341 g/mol. The summed E-state index contributed by atoms with van der Waals surface area (Å²) in [7, 11) is 0. The van der Waals surface area contributed by atoms with Gasteiger partial charge in [-0.1, -0.05) is 42.3 Å². The number of aliphatic hydroxyl groups is 1. The Labute approximate surface area is 147 Å². The number of aromatic nitrogens is 1. The highest BCUT2D eigenvalue weighted by molar-refractivity contribution is 5.87. The van der Waals surface area contributed by atoms with Crippen LogP contribution in [0.5, 0.6) is 0 Å². The third kappa shape index (κ3) is 2.81. The summed E-state index contributed by atoms with van der Waals surface area (Å²) in [6, 6.07) is 15.3. The molecule has 3 nitrogen and oxygen atoms in total. The average Bonchev–Trinajstić information content (AvgIpc) is 2.99. The molecule has 3 rings (SSSR count). The summed E-state index contributed by atoms with van der Waals surface area (Å²) in [5.41, 5.74) is -2.30. The molecule has 0 aliphatic heterocycles. The van der Waals surface area contributed by atoms with Crippen LogP contribution in [0.4, 0.5) is 13.2 Å². The van der Waals surface area contributed by atoms with Crippen molar-refractivity contribution < 1.29 is 18.3 Å². The normalized spacial score (nSPS) is 13.8. The van der Waals surface area contributed by atoms with Crippen LogP contribution in [0.15, 0.2) is 54.7 Å². The monoisotopic (exact) mass is 354 g/mol. The van der Waals surface area contributed by atoms with Gasteiger partial charge in [-0.3, -0.25) is 0 Å².